The van der Waals surface area contributed by atoms with Crippen LogP contribution in [-0.4, -0.2) is 6.61 Å². The summed E-state index contributed by atoms with van der Waals surface area (Å²) in [4.78, 5) is 2.91. The van der Waals surface area contributed by atoms with Gasteiger partial charge in [0.25, 0.3) is 0 Å². The lowest BCUT2D eigenvalue weighted by Gasteiger charge is -2.06. The summed E-state index contributed by atoms with van der Waals surface area (Å²) in [6.45, 7) is 5.31. The largest absolute Gasteiger partial charge is 0.494 e. The van der Waals surface area contributed by atoms with E-state index in [4.69, 9.17) is 4.74 Å². The minimum absolute atomic E-state index is 0.822. The lowest BCUT2D eigenvalue weighted by Crippen LogP contribution is -1.96. The van der Waals surface area contributed by atoms with Crippen LogP contribution in [0, 0.1) is 0 Å². The molecule has 0 N–H and O–H groups in total. The van der Waals surface area contributed by atoms with Gasteiger partial charge in [0.1, 0.15) is 5.75 Å². The first-order valence-corrected chi connectivity index (χ1v) is 11.7. The van der Waals surface area contributed by atoms with Gasteiger partial charge >= 0.3 is 0 Å². The van der Waals surface area contributed by atoms with E-state index in [0.29, 0.717) is 0 Å². The van der Waals surface area contributed by atoms with Crippen molar-refractivity contribution in [3.63, 3.8) is 0 Å². The molecule has 0 bridgehead atoms. The minimum Gasteiger partial charge on any atom is -0.494 e. The fourth-order valence-corrected chi connectivity index (χ4v) is 5.60. The number of thiophene rings is 2. The van der Waals surface area contributed by atoms with E-state index in [-0.39, 0.29) is 0 Å². The van der Waals surface area contributed by atoms with Crippen molar-refractivity contribution in [2.45, 2.75) is 65.2 Å². The van der Waals surface area contributed by atoms with Crippen LogP contribution < -0.4 is 4.74 Å². The molecule has 3 rings (SSSR count). The molecule has 0 spiro atoms. The van der Waals surface area contributed by atoms with Crippen molar-refractivity contribution in [1.29, 1.82) is 0 Å². The molecule has 2 aromatic heterocycles. The Morgan fingerprint density at radius 3 is 2.23 bits per heavy atom. The predicted octanol–water partition coefficient (Wildman–Crippen LogP) is 8.32. The first-order chi connectivity index (χ1) is 12.8. The second kappa shape index (κ2) is 10.1. The lowest BCUT2D eigenvalue weighted by atomic mass is 10.1. The number of benzene rings is 1. The summed E-state index contributed by atoms with van der Waals surface area (Å²) in [7, 11) is 0. The standard InChI is InChI=1S/C23H30OS2/c1-3-5-7-8-10-20-16-22-23(25-20)17-21(26-22)18-11-13-19(14-12-18)24-15-9-6-4-2/h11-14,16-17H,3-10,15H2,1-2H3. The monoisotopic (exact) mass is 386 g/mol. The molecule has 3 heteroatoms. The van der Waals surface area contributed by atoms with Gasteiger partial charge in [-0.25, -0.2) is 0 Å². The average molecular weight is 387 g/mol. The Morgan fingerprint density at radius 2 is 1.50 bits per heavy atom. The molecule has 0 aliphatic rings. The van der Waals surface area contributed by atoms with Gasteiger partial charge in [-0.05, 0) is 61.2 Å². The summed E-state index contributed by atoms with van der Waals surface area (Å²) in [6.07, 6.45) is 10.2. The summed E-state index contributed by atoms with van der Waals surface area (Å²) in [5.74, 6) is 0.984. The Bertz CT molecular complexity index is 751. The zero-order valence-electron chi connectivity index (χ0n) is 16.1. The second-order valence-corrected chi connectivity index (χ2v) is 9.19. The third-order valence-corrected chi connectivity index (χ3v) is 7.09. The molecule has 1 aromatic carbocycles. The van der Waals surface area contributed by atoms with E-state index >= 15 is 0 Å². The normalized spacial score (nSPS) is 11.3. The number of unbranched alkanes of at least 4 members (excludes halogenated alkanes) is 5. The average Bonchev–Trinajstić information content (AvgIpc) is 3.22. The predicted molar refractivity (Wildman–Crippen MR) is 118 cm³/mol. The Labute approximate surface area is 166 Å². The molecule has 0 aliphatic carbocycles. The maximum Gasteiger partial charge on any atom is 0.119 e. The van der Waals surface area contributed by atoms with Crippen molar-refractivity contribution < 1.29 is 4.74 Å². The molecule has 0 atom stereocenters. The van der Waals surface area contributed by atoms with E-state index in [1.54, 1.807) is 4.88 Å². The SMILES string of the molecule is CCCCCCc1cc2sc(-c3ccc(OCCCCC)cc3)cc2s1. The summed E-state index contributed by atoms with van der Waals surface area (Å²) in [5.41, 5.74) is 1.30. The van der Waals surface area contributed by atoms with E-state index in [1.165, 1.54) is 64.8 Å². The zero-order chi connectivity index (χ0) is 18.2. The summed E-state index contributed by atoms with van der Waals surface area (Å²) in [6, 6.07) is 13.4. The molecule has 2 heterocycles. The molecule has 0 unspecified atom stereocenters. The first-order valence-electron chi connectivity index (χ1n) is 10.1. The third-order valence-electron chi connectivity index (χ3n) is 4.69. The Morgan fingerprint density at radius 1 is 0.769 bits per heavy atom. The quantitative estimate of drug-likeness (QED) is 0.301. The van der Waals surface area contributed by atoms with E-state index in [2.05, 4.69) is 50.2 Å². The molecule has 26 heavy (non-hydrogen) atoms. The first kappa shape index (κ1) is 19.4. The van der Waals surface area contributed by atoms with Crippen LogP contribution in [-0.2, 0) is 6.42 Å². The number of hydrogen-bond acceptors (Lipinski definition) is 3. The lowest BCUT2D eigenvalue weighted by molar-refractivity contribution is 0.306. The Kier molecular flexibility index (Phi) is 7.57. The molecule has 0 fully saturated rings. The van der Waals surface area contributed by atoms with Gasteiger partial charge in [0.15, 0.2) is 0 Å². The fourth-order valence-electron chi connectivity index (χ4n) is 3.13. The number of aryl methyl sites for hydroxylation is 1. The van der Waals surface area contributed by atoms with Crippen LogP contribution in [0.15, 0.2) is 36.4 Å². The van der Waals surface area contributed by atoms with Gasteiger partial charge in [0, 0.05) is 19.2 Å². The highest BCUT2D eigenvalue weighted by atomic mass is 32.1. The number of rotatable bonds is 11. The van der Waals surface area contributed by atoms with Crippen molar-refractivity contribution >= 4 is 32.1 Å². The number of fused-ring (bicyclic) bond motifs is 1. The topological polar surface area (TPSA) is 9.23 Å². The summed E-state index contributed by atoms with van der Waals surface area (Å²) in [5, 5.41) is 0. The Hall–Kier alpha value is -1.32. The molecule has 0 amide bonds. The molecule has 1 nitrogen and oxygen atoms in total. The van der Waals surface area contributed by atoms with E-state index in [9.17, 15) is 0 Å². The highest BCUT2D eigenvalue weighted by Crippen LogP contribution is 2.39. The second-order valence-electron chi connectivity index (χ2n) is 6.94. The zero-order valence-corrected chi connectivity index (χ0v) is 17.7. The van der Waals surface area contributed by atoms with Crippen molar-refractivity contribution in [3.05, 3.63) is 41.3 Å². The van der Waals surface area contributed by atoms with Crippen LogP contribution in [0.1, 0.15) is 63.7 Å². The maximum atomic E-state index is 5.82. The smallest absolute Gasteiger partial charge is 0.119 e. The molecule has 0 radical (unpaired) electrons. The van der Waals surface area contributed by atoms with Crippen LogP contribution in [0.5, 0.6) is 5.75 Å². The van der Waals surface area contributed by atoms with Gasteiger partial charge in [-0.1, -0.05) is 46.0 Å². The van der Waals surface area contributed by atoms with Crippen LogP contribution in [0.25, 0.3) is 19.8 Å². The minimum atomic E-state index is 0.822. The summed E-state index contributed by atoms with van der Waals surface area (Å²) >= 11 is 3.89. The van der Waals surface area contributed by atoms with Crippen molar-refractivity contribution in [2.24, 2.45) is 0 Å². The highest BCUT2D eigenvalue weighted by Gasteiger charge is 2.09. The third kappa shape index (κ3) is 5.34. The van der Waals surface area contributed by atoms with Crippen LogP contribution >= 0.6 is 22.7 Å². The van der Waals surface area contributed by atoms with Crippen molar-refractivity contribution in [2.75, 3.05) is 6.61 Å². The maximum absolute atomic E-state index is 5.82. The number of ether oxygens (including phenoxy) is 1. The molecular formula is C23H30OS2. The van der Waals surface area contributed by atoms with Gasteiger partial charge in [-0.3, -0.25) is 0 Å². The van der Waals surface area contributed by atoms with Crippen LogP contribution in [0.3, 0.4) is 0 Å². The van der Waals surface area contributed by atoms with E-state index in [0.717, 1.165) is 18.8 Å². The van der Waals surface area contributed by atoms with E-state index < -0.39 is 0 Å². The molecular weight excluding hydrogens is 356 g/mol. The van der Waals surface area contributed by atoms with Crippen molar-refractivity contribution in [3.8, 4) is 16.2 Å². The molecule has 0 saturated carbocycles. The van der Waals surface area contributed by atoms with Crippen molar-refractivity contribution in [1.82, 2.24) is 0 Å². The molecule has 3 aromatic rings. The molecule has 140 valence electrons. The van der Waals surface area contributed by atoms with Gasteiger partial charge in [0.05, 0.1) is 6.61 Å². The molecule has 0 aliphatic heterocycles. The Balaban J connectivity index is 1.58. The number of hydrogen-bond donors (Lipinski definition) is 0. The van der Waals surface area contributed by atoms with Gasteiger partial charge < -0.3 is 4.74 Å². The molecule has 0 saturated heterocycles. The highest BCUT2D eigenvalue weighted by molar-refractivity contribution is 7.29. The van der Waals surface area contributed by atoms with Gasteiger partial charge in [0.2, 0.25) is 0 Å². The van der Waals surface area contributed by atoms with Gasteiger partial charge in [-0.2, -0.15) is 0 Å². The summed E-state index contributed by atoms with van der Waals surface area (Å²) < 4.78 is 8.70. The van der Waals surface area contributed by atoms with E-state index in [1.807, 2.05) is 22.7 Å². The fraction of sp³-hybridized carbons (Fsp3) is 0.478. The van der Waals surface area contributed by atoms with Crippen LogP contribution in [0.2, 0.25) is 0 Å². The van der Waals surface area contributed by atoms with Gasteiger partial charge in [-0.15, -0.1) is 22.7 Å². The van der Waals surface area contributed by atoms with Crippen LogP contribution in [0.4, 0.5) is 0 Å².